The van der Waals surface area contributed by atoms with Gasteiger partial charge in [-0.3, -0.25) is 0 Å². The minimum Gasteiger partial charge on any atom is -0.370 e. The lowest BCUT2D eigenvalue weighted by Crippen LogP contribution is -2.10. The Morgan fingerprint density at radius 2 is 2.05 bits per heavy atom. The van der Waals surface area contributed by atoms with Crippen LogP contribution in [0.15, 0.2) is 12.4 Å². The van der Waals surface area contributed by atoms with Crippen molar-refractivity contribution in [3.05, 3.63) is 23.7 Å². The lowest BCUT2D eigenvalue weighted by atomic mass is 10.2. The molecule has 0 unspecified atom stereocenters. The molecule has 0 aliphatic heterocycles. The van der Waals surface area contributed by atoms with Gasteiger partial charge in [0.2, 0.25) is 0 Å². The summed E-state index contributed by atoms with van der Waals surface area (Å²) in [5, 5.41) is 3.37. The number of nitrogens with one attached hydrogen (secondary N) is 1. The van der Waals surface area contributed by atoms with Gasteiger partial charge in [0, 0.05) is 37.2 Å². The van der Waals surface area contributed by atoms with Crippen LogP contribution in [0, 0.1) is 6.92 Å². The van der Waals surface area contributed by atoms with Crippen LogP contribution in [0.3, 0.4) is 0 Å². The van der Waals surface area contributed by atoms with E-state index >= 15 is 0 Å². The molecule has 0 saturated carbocycles. The summed E-state index contributed by atoms with van der Waals surface area (Å²) >= 11 is 0. The molecular formula is C14H21N5. The van der Waals surface area contributed by atoms with Crippen LogP contribution in [0.25, 0.3) is 11.6 Å². The summed E-state index contributed by atoms with van der Waals surface area (Å²) in [6.07, 6.45) is 5.64. The van der Waals surface area contributed by atoms with Gasteiger partial charge in [0.25, 0.3) is 0 Å². The van der Waals surface area contributed by atoms with Crippen molar-refractivity contribution in [3.8, 4) is 11.6 Å². The summed E-state index contributed by atoms with van der Waals surface area (Å²) in [5.41, 5.74) is 2.21. The van der Waals surface area contributed by atoms with E-state index in [1.165, 1.54) is 0 Å². The first-order chi connectivity index (χ1) is 9.17. The van der Waals surface area contributed by atoms with Gasteiger partial charge < -0.3 is 9.88 Å². The van der Waals surface area contributed by atoms with Crippen LogP contribution < -0.4 is 5.32 Å². The van der Waals surface area contributed by atoms with Gasteiger partial charge in [-0.05, 0) is 19.8 Å². The van der Waals surface area contributed by atoms with Crippen molar-refractivity contribution in [3.63, 3.8) is 0 Å². The Morgan fingerprint density at radius 3 is 2.63 bits per heavy atom. The van der Waals surface area contributed by atoms with Crippen LogP contribution in [0.5, 0.6) is 0 Å². The van der Waals surface area contributed by atoms with E-state index in [0.717, 1.165) is 42.3 Å². The molecule has 5 nitrogen and oxygen atoms in total. The maximum atomic E-state index is 4.63. The second kappa shape index (κ2) is 5.82. The predicted molar refractivity (Wildman–Crippen MR) is 77.1 cm³/mol. The molecule has 2 rings (SSSR count). The molecule has 0 saturated heterocycles. The summed E-state index contributed by atoms with van der Waals surface area (Å²) in [7, 11) is 1.95. The largest absolute Gasteiger partial charge is 0.370 e. The molecule has 1 N–H and O–H groups in total. The van der Waals surface area contributed by atoms with Crippen LogP contribution in [-0.4, -0.2) is 26.1 Å². The second-order valence-corrected chi connectivity index (χ2v) is 4.61. The quantitative estimate of drug-likeness (QED) is 0.896. The zero-order chi connectivity index (χ0) is 13.8. The van der Waals surface area contributed by atoms with Crippen molar-refractivity contribution < 1.29 is 0 Å². The summed E-state index contributed by atoms with van der Waals surface area (Å²) in [6, 6.07) is 0. The normalized spacial score (nSPS) is 10.7. The van der Waals surface area contributed by atoms with Gasteiger partial charge >= 0.3 is 0 Å². The molecule has 0 radical (unpaired) electrons. The maximum absolute atomic E-state index is 4.63. The highest BCUT2D eigenvalue weighted by molar-refractivity contribution is 5.54. The van der Waals surface area contributed by atoms with Gasteiger partial charge in [-0.2, -0.15) is 0 Å². The van der Waals surface area contributed by atoms with Crippen LogP contribution in [0.2, 0.25) is 0 Å². The average molecular weight is 259 g/mol. The highest BCUT2D eigenvalue weighted by Crippen LogP contribution is 2.21. The number of imidazole rings is 1. The number of nitrogens with zero attached hydrogens (tertiary/aromatic N) is 4. The molecule has 0 aromatic carbocycles. The van der Waals surface area contributed by atoms with Gasteiger partial charge in [-0.25, -0.2) is 15.0 Å². The zero-order valence-electron chi connectivity index (χ0n) is 12.1. The van der Waals surface area contributed by atoms with Crippen molar-refractivity contribution in [2.24, 2.45) is 7.05 Å². The van der Waals surface area contributed by atoms with Gasteiger partial charge in [-0.1, -0.05) is 13.8 Å². The number of hydrogen-bond acceptors (Lipinski definition) is 4. The molecule has 2 heterocycles. The second-order valence-electron chi connectivity index (χ2n) is 4.61. The molecule has 0 spiro atoms. The molecular weight excluding hydrogens is 238 g/mol. The fraction of sp³-hybridized carbons (Fsp3) is 0.500. The number of hydrogen-bond donors (Lipinski definition) is 1. The molecule has 0 aliphatic rings. The van der Waals surface area contributed by atoms with Gasteiger partial charge in [0.15, 0.2) is 11.6 Å². The standard InChI is InChI=1S/C14H21N5/c1-5-7-15-12-10(3)11(6-2)17-13(18-12)14-16-8-9-19(14)4/h8-9H,5-7H2,1-4H3,(H,15,17,18). The number of aromatic nitrogens is 4. The van der Waals surface area contributed by atoms with Crippen molar-refractivity contribution in [1.29, 1.82) is 0 Å². The van der Waals surface area contributed by atoms with E-state index < -0.39 is 0 Å². The maximum Gasteiger partial charge on any atom is 0.198 e. The highest BCUT2D eigenvalue weighted by Gasteiger charge is 2.13. The van der Waals surface area contributed by atoms with Crippen molar-refractivity contribution >= 4 is 5.82 Å². The Bertz CT molecular complexity index is 559. The molecule has 0 bridgehead atoms. The van der Waals surface area contributed by atoms with Crippen LogP contribution in [0.1, 0.15) is 31.5 Å². The first-order valence-corrected chi connectivity index (χ1v) is 6.76. The molecule has 0 amide bonds. The molecule has 2 aromatic rings. The van der Waals surface area contributed by atoms with E-state index in [-0.39, 0.29) is 0 Å². The molecule has 2 aromatic heterocycles. The van der Waals surface area contributed by atoms with E-state index in [1.54, 1.807) is 6.20 Å². The number of rotatable bonds is 5. The molecule has 0 aliphatic carbocycles. The summed E-state index contributed by atoms with van der Waals surface area (Å²) in [6.45, 7) is 7.24. The van der Waals surface area contributed by atoms with Crippen molar-refractivity contribution in [1.82, 2.24) is 19.5 Å². The zero-order valence-corrected chi connectivity index (χ0v) is 12.1. The van der Waals surface area contributed by atoms with Crippen LogP contribution >= 0.6 is 0 Å². The number of anilines is 1. The first kappa shape index (κ1) is 13.5. The Morgan fingerprint density at radius 1 is 1.26 bits per heavy atom. The Hall–Kier alpha value is -1.91. The van der Waals surface area contributed by atoms with Gasteiger partial charge in [0.1, 0.15) is 5.82 Å². The Labute approximate surface area is 114 Å². The third kappa shape index (κ3) is 2.75. The monoisotopic (exact) mass is 259 g/mol. The number of aryl methyl sites for hydroxylation is 2. The fourth-order valence-electron chi connectivity index (χ4n) is 2.00. The minimum absolute atomic E-state index is 0.688. The third-order valence-electron chi connectivity index (χ3n) is 3.15. The van der Waals surface area contributed by atoms with Gasteiger partial charge in [0.05, 0.1) is 0 Å². The van der Waals surface area contributed by atoms with E-state index in [2.05, 4.69) is 41.0 Å². The van der Waals surface area contributed by atoms with E-state index in [0.29, 0.717) is 5.82 Å². The average Bonchev–Trinajstić information content (AvgIpc) is 2.84. The SMILES string of the molecule is CCCNc1nc(-c2nccn2C)nc(CC)c1C. The summed E-state index contributed by atoms with van der Waals surface area (Å²) in [4.78, 5) is 13.6. The van der Waals surface area contributed by atoms with Crippen molar-refractivity contribution in [2.45, 2.75) is 33.6 Å². The molecule has 19 heavy (non-hydrogen) atoms. The molecule has 0 atom stereocenters. The van der Waals surface area contributed by atoms with Crippen LogP contribution in [0.4, 0.5) is 5.82 Å². The van der Waals surface area contributed by atoms with E-state index in [4.69, 9.17) is 0 Å². The fourth-order valence-corrected chi connectivity index (χ4v) is 2.00. The smallest absolute Gasteiger partial charge is 0.198 e. The predicted octanol–water partition coefficient (Wildman–Crippen LogP) is 2.57. The van der Waals surface area contributed by atoms with E-state index in [1.807, 2.05) is 17.8 Å². The lowest BCUT2D eigenvalue weighted by molar-refractivity contribution is 0.885. The first-order valence-electron chi connectivity index (χ1n) is 6.76. The highest BCUT2D eigenvalue weighted by atomic mass is 15.1. The molecule has 5 heteroatoms. The van der Waals surface area contributed by atoms with E-state index in [9.17, 15) is 0 Å². The summed E-state index contributed by atoms with van der Waals surface area (Å²) in [5.74, 6) is 2.41. The lowest BCUT2D eigenvalue weighted by Gasteiger charge is -2.12. The van der Waals surface area contributed by atoms with Crippen LogP contribution in [-0.2, 0) is 13.5 Å². The minimum atomic E-state index is 0.688. The third-order valence-corrected chi connectivity index (χ3v) is 3.15. The summed E-state index contributed by atoms with van der Waals surface area (Å²) < 4.78 is 1.94. The van der Waals surface area contributed by atoms with Gasteiger partial charge in [-0.15, -0.1) is 0 Å². The topological polar surface area (TPSA) is 55.6 Å². The molecule has 0 fully saturated rings. The Kier molecular flexibility index (Phi) is 4.14. The molecule has 102 valence electrons. The van der Waals surface area contributed by atoms with Crippen molar-refractivity contribution in [2.75, 3.05) is 11.9 Å². The Balaban J connectivity index is 2.47.